The summed E-state index contributed by atoms with van der Waals surface area (Å²) in [5.74, 6) is 5.75. The molecule has 1 aromatic heterocycles. The van der Waals surface area contributed by atoms with E-state index in [2.05, 4.69) is 18.8 Å². The topological polar surface area (TPSA) is 77.8 Å². The lowest BCUT2D eigenvalue weighted by Gasteiger charge is -2.42. The number of hydrogen-bond acceptors (Lipinski definition) is 4. The number of carboxylic acids is 1. The van der Waals surface area contributed by atoms with E-state index >= 15 is 0 Å². The van der Waals surface area contributed by atoms with E-state index in [0.29, 0.717) is 29.3 Å². The van der Waals surface area contributed by atoms with Crippen molar-refractivity contribution in [3.8, 4) is 11.8 Å². The van der Waals surface area contributed by atoms with Crippen LogP contribution in [0.2, 0.25) is 0 Å². The number of carbonyl (C=O) groups is 2. The molecule has 2 aliphatic rings. The van der Waals surface area contributed by atoms with Crippen molar-refractivity contribution in [3.05, 3.63) is 15.8 Å². The Balaban J connectivity index is 1.96. The number of rotatable bonds is 4. The van der Waals surface area contributed by atoms with Crippen molar-refractivity contribution in [1.29, 1.82) is 0 Å². The smallest absolute Gasteiger partial charge is 0.348 e. The SMILES string of the molecule is CC1CCC(C(=O)N(c2cc(C#CC(C)(C)C)sc2C(=O)O)C2CC(O)C2)CC1. The van der Waals surface area contributed by atoms with E-state index in [1.54, 1.807) is 11.0 Å². The van der Waals surface area contributed by atoms with Gasteiger partial charge < -0.3 is 15.1 Å². The van der Waals surface area contributed by atoms with Crippen molar-refractivity contribution in [1.82, 2.24) is 0 Å². The summed E-state index contributed by atoms with van der Waals surface area (Å²) in [4.78, 5) is 27.9. The summed E-state index contributed by atoms with van der Waals surface area (Å²) in [6.45, 7) is 8.22. The van der Waals surface area contributed by atoms with E-state index in [9.17, 15) is 19.8 Å². The second-order valence-electron chi connectivity index (χ2n) is 9.57. The Morgan fingerprint density at radius 1 is 1.17 bits per heavy atom. The lowest BCUT2D eigenvalue weighted by Crippen LogP contribution is -2.52. The molecule has 0 bridgehead atoms. The summed E-state index contributed by atoms with van der Waals surface area (Å²) < 4.78 is 0. The van der Waals surface area contributed by atoms with Crippen LogP contribution in [0.25, 0.3) is 0 Å². The van der Waals surface area contributed by atoms with Crippen molar-refractivity contribution in [3.63, 3.8) is 0 Å². The highest BCUT2D eigenvalue weighted by atomic mass is 32.1. The quantitative estimate of drug-likeness (QED) is 0.706. The Labute approximate surface area is 177 Å². The lowest BCUT2D eigenvalue weighted by molar-refractivity contribution is -0.124. The molecule has 2 aliphatic carbocycles. The molecule has 1 amide bonds. The molecule has 0 unspecified atom stereocenters. The molecular weight excluding hydrogens is 386 g/mol. The molecule has 0 radical (unpaired) electrons. The molecule has 158 valence electrons. The Morgan fingerprint density at radius 3 is 2.31 bits per heavy atom. The minimum Gasteiger partial charge on any atom is -0.477 e. The lowest BCUT2D eigenvalue weighted by atomic mass is 9.80. The van der Waals surface area contributed by atoms with Crippen LogP contribution >= 0.6 is 11.3 Å². The van der Waals surface area contributed by atoms with Gasteiger partial charge in [-0.1, -0.05) is 18.8 Å². The zero-order valence-electron chi connectivity index (χ0n) is 17.7. The van der Waals surface area contributed by atoms with Crippen LogP contribution in [-0.4, -0.2) is 34.2 Å². The fourth-order valence-electron chi connectivity index (χ4n) is 3.99. The third-order valence-corrected chi connectivity index (χ3v) is 6.81. The fraction of sp³-hybridized carbons (Fsp3) is 0.652. The first-order valence-electron chi connectivity index (χ1n) is 10.5. The monoisotopic (exact) mass is 417 g/mol. The van der Waals surface area contributed by atoms with Gasteiger partial charge in [0.2, 0.25) is 5.91 Å². The molecule has 0 atom stereocenters. The van der Waals surface area contributed by atoms with Crippen LogP contribution in [0.3, 0.4) is 0 Å². The van der Waals surface area contributed by atoms with Crippen molar-refractivity contribution >= 4 is 28.9 Å². The van der Waals surface area contributed by atoms with Gasteiger partial charge in [-0.15, -0.1) is 11.3 Å². The number of carboxylic acid groups (broad SMARTS) is 1. The molecule has 0 spiro atoms. The van der Waals surface area contributed by atoms with Gasteiger partial charge in [0.05, 0.1) is 16.7 Å². The third kappa shape index (κ3) is 5.21. The molecule has 1 heterocycles. The van der Waals surface area contributed by atoms with E-state index < -0.39 is 12.1 Å². The highest BCUT2D eigenvalue weighted by molar-refractivity contribution is 7.15. The molecule has 3 rings (SSSR count). The van der Waals surface area contributed by atoms with Gasteiger partial charge in [0, 0.05) is 17.4 Å². The molecule has 2 N–H and O–H groups in total. The van der Waals surface area contributed by atoms with Gasteiger partial charge in [0.15, 0.2) is 0 Å². The van der Waals surface area contributed by atoms with Crippen LogP contribution < -0.4 is 4.90 Å². The second kappa shape index (κ2) is 8.49. The van der Waals surface area contributed by atoms with E-state index in [1.165, 1.54) is 0 Å². The van der Waals surface area contributed by atoms with Gasteiger partial charge in [-0.2, -0.15) is 0 Å². The maximum absolute atomic E-state index is 13.5. The van der Waals surface area contributed by atoms with Crippen LogP contribution in [0.5, 0.6) is 0 Å². The largest absolute Gasteiger partial charge is 0.477 e. The van der Waals surface area contributed by atoms with E-state index in [-0.39, 0.29) is 28.2 Å². The Morgan fingerprint density at radius 2 is 1.79 bits per heavy atom. The normalized spacial score (nSPS) is 26.8. The number of hydrogen-bond donors (Lipinski definition) is 2. The molecule has 2 saturated carbocycles. The Hall–Kier alpha value is -1.84. The minimum atomic E-state index is -1.04. The summed E-state index contributed by atoms with van der Waals surface area (Å²) in [6, 6.07) is 1.61. The van der Waals surface area contributed by atoms with Gasteiger partial charge in [-0.3, -0.25) is 4.79 Å². The zero-order chi connectivity index (χ0) is 21.3. The predicted molar refractivity (Wildman–Crippen MR) is 115 cm³/mol. The van der Waals surface area contributed by atoms with Gasteiger partial charge >= 0.3 is 5.97 Å². The summed E-state index contributed by atoms with van der Waals surface area (Å²) >= 11 is 1.12. The standard InChI is InChI=1S/C23H31NO4S/c1-14-5-7-15(8-6-14)21(26)24(16-11-17(25)12-16)19-13-18(9-10-23(2,3)4)29-20(19)22(27)28/h13-17,25H,5-8,11-12H2,1-4H3,(H,27,28). The number of anilines is 1. The molecule has 1 aromatic rings. The second-order valence-corrected chi connectivity index (χ2v) is 10.6. The van der Waals surface area contributed by atoms with Crippen LogP contribution in [0.15, 0.2) is 6.07 Å². The zero-order valence-corrected chi connectivity index (χ0v) is 18.5. The number of nitrogens with zero attached hydrogens (tertiary/aromatic N) is 1. The Bertz CT molecular complexity index is 827. The number of amides is 1. The summed E-state index contributed by atoms with van der Waals surface area (Å²) in [5, 5.41) is 19.6. The molecular formula is C23H31NO4S. The molecule has 0 saturated heterocycles. The van der Waals surface area contributed by atoms with Crippen molar-refractivity contribution in [2.45, 2.75) is 78.4 Å². The summed E-state index contributed by atoms with van der Waals surface area (Å²) in [7, 11) is 0. The predicted octanol–water partition coefficient (Wildman–Crippen LogP) is 4.53. The van der Waals surface area contributed by atoms with Crippen LogP contribution in [0, 0.1) is 29.1 Å². The van der Waals surface area contributed by atoms with Crippen molar-refractivity contribution < 1.29 is 19.8 Å². The Kier molecular flexibility index (Phi) is 6.40. The van der Waals surface area contributed by atoms with E-state index in [4.69, 9.17) is 0 Å². The molecule has 2 fully saturated rings. The number of carbonyl (C=O) groups excluding carboxylic acids is 1. The number of aromatic carboxylic acids is 1. The molecule has 0 aliphatic heterocycles. The van der Waals surface area contributed by atoms with Crippen LogP contribution in [0.4, 0.5) is 5.69 Å². The minimum absolute atomic E-state index is 0.00410. The number of aliphatic hydroxyl groups is 1. The summed E-state index contributed by atoms with van der Waals surface area (Å²) in [6.07, 6.45) is 4.29. The van der Waals surface area contributed by atoms with Gasteiger partial charge in [0.1, 0.15) is 4.88 Å². The van der Waals surface area contributed by atoms with E-state index in [0.717, 1.165) is 37.0 Å². The molecule has 0 aromatic carbocycles. The van der Waals surface area contributed by atoms with Crippen LogP contribution in [-0.2, 0) is 4.79 Å². The van der Waals surface area contributed by atoms with Gasteiger partial charge in [0.25, 0.3) is 0 Å². The first kappa shape index (κ1) is 21.9. The van der Waals surface area contributed by atoms with Crippen LogP contribution in [0.1, 0.15) is 80.8 Å². The first-order chi connectivity index (χ1) is 13.5. The van der Waals surface area contributed by atoms with Crippen molar-refractivity contribution in [2.24, 2.45) is 17.3 Å². The highest BCUT2D eigenvalue weighted by Crippen LogP contribution is 2.39. The first-order valence-corrected chi connectivity index (χ1v) is 11.3. The molecule has 6 heteroatoms. The number of thiophene rings is 1. The van der Waals surface area contributed by atoms with E-state index in [1.807, 2.05) is 20.8 Å². The third-order valence-electron chi connectivity index (χ3n) is 5.78. The maximum atomic E-state index is 13.5. The maximum Gasteiger partial charge on any atom is 0.348 e. The highest BCUT2D eigenvalue weighted by Gasteiger charge is 2.41. The molecule has 29 heavy (non-hydrogen) atoms. The average Bonchev–Trinajstić information content (AvgIpc) is 3.03. The fourth-order valence-corrected chi connectivity index (χ4v) is 4.83. The molecule has 5 nitrogen and oxygen atoms in total. The summed E-state index contributed by atoms with van der Waals surface area (Å²) in [5.41, 5.74) is 0.251. The van der Waals surface area contributed by atoms with Gasteiger partial charge in [-0.25, -0.2) is 4.79 Å². The van der Waals surface area contributed by atoms with Crippen molar-refractivity contribution in [2.75, 3.05) is 4.90 Å². The number of aliphatic hydroxyl groups excluding tert-OH is 1. The van der Waals surface area contributed by atoms with Gasteiger partial charge in [-0.05, 0) is 71.3 Å². The average molecular weight is 418 g/mol.